The lowest BCUT2D eigenvalue weighted by atomic mass is 10.3. The van der Waals surface area contributed by atoms with Crippen LogP contribution in [-0.2, 0) is 7.05 Å². The van der Waals surface area contributed by atoms with Gasteiger partial charge in [-0.1, -0.05) is 0 Å². The molecule has 0 amide bonds. The van der Waals surface area contributed by atoms with E-state index in [2.05, 4.69) is 22.1 Å². The van der Waals surface area contributed by atoms with Gasteiger partial charge in [-0.15, -0.1) is 0 Å². The molecular weight excluding hydrogens is 216 g/mol. The highest BCUT2D eigenvalue weighted by Gasteiger charge is 2.15. The van der Waals surface area contributed by atoms with Crippen LogP contribution in [0.1, 0.15) is 19.8 Å². The maximum absolute atomic E-state index is 11.8. The number of aromatic nitrogens is 2. The van der Waals surface area contributed by atoms with Gasteiger partial charge in [0, 0.05) is 32.0 Å². The van der Waals surface area contributed by atoms with Crippen LogP contribution >= 0.6 is 0 Å². The van der Waals surface area contributed by atoms with Crippen molar-refractivity contribution in [3.8, 4) is 0 Å². The van der Waals surface area contributed by atoms with E-state index >= 15 is 0 Å². The first-order valence-electron chi connectivity index (χ1n) is 6.17. The molecule has 1 aromatic rings. The summed E-state index contributed by atoms with van der Waals surface area (Å²) in [6.45, 7) is 5.41. The van der Waals surface area contributed by atoms with Crippen LogP contribution in [0, 0.1) is 0 Å². The highest BCUT2D eigenvalue weighted by molar-refractivity contribution is 5.31. The predicted octanol–water partition coefficient (Wildman–Crippen LogP) is 0.676. The molecule has 1 saturated heterocycles. The molecule has 0 aliphatic carbocycles. The number of aryl methyl sites for hydroxylation is 1. The van der Waals surface area contributed by atoms with Crippen LogP contribution in [-0.4, -0.2) is 40.1 Å². The van der Waals surface area contributed by atoms with Crippen LogP contribution in [0.15, 0.2) is 17.2 Å². The van der Waals surface area contributed by atoms with Gasteiger partial charge in [-0.05, 0) is 32.9 Å². The van der Waals surface area contributed by atoms with Gasteiger partial charge in [0.1, 0.15) is 0 Å². The first-order chi connectivity index (χ1) is 8.16. The molecule has 0 aromatic carbocycles. The molecule has 0 radical (unpaired) electrons. The molecule has 1 atom stereocenters. The topological polar surface area (TPSA) is 50.2 Å². The quantitative estimate of drug-likeness (QED) is 0.835. The predicted molar refractivity (Wildman–Crippen MR) is 68.2 cm³/mol. The van der Waals surface area contributed by atoms with Gasteiger partial charge in [-0.3, -0.25) is 4.79 Å². The van der Waals surface area contributed by atoms with Crippen LogP contribution in [0.3, 0.4) is 0 Å². The molecule has 1 unspecified atom stereocenters. The van der Waals surface area contributed by atoms with E-state index in [9.17, 15) is 4.79 Å². The Hall–Kier alpha value is -1.36. The van der Waals surface area contributed by atoms with E-state index in [1.54, 1.807) is 19.4 Å². The highest BCUT2D eigenvalue weighted by atomic mass is 16.1. The van der Waals surface area contributed by atoms with Gasteiger partial charge in [-0.2, -0.15) is 0 Å². The molecule has 2 heterocycles. The van der Waals surface area contributed by atoms with Gasteiger partial charge < -0.3 is 14.8 Å². The molecule has 17 heavy (non-hydrogen) atoms. The molecule has 1 fully saturated rings. The van der Waals surface area contributed by atoms with Crippen LogP contribution in [0.4, 0.5) is 5.82 Å². The molecule has 2 rings (SSSR count). The molecule has 0 spiro atoms. The monoisotopic (exact) mass is 236 g/mol. The number of rotatable bonds is 4. The van der Waals surface area contributed by atoms with Crippen molar-refractivity contribution in [2.75, 3.05) is 25.0 Å². The van der Waals surface area contributed by atoms with Crippen LogP contribution < -0.4 is 10.9 Å². The average Bonchev–Trinajstić information content (AvgIpc) is 2.77. The number of nitrogens with zero attached hydrogens (tertiary/aromatic N) is 3. The van der Waals surface area contributed by atoms with Gasteiger partial charge in [0.25, 0.3) is 5.56 Å². The fraction of sp³-hybridized carbons (Fsp3) is 0.667. The van der Waals surface area contributed by atoms with Crippen molar-refractivity contribution in [3.63, 3.8) is 0 Å². The second-order valence-corrected chi connectivity index (χ2v) is 4.75. The lowest BCUT2D eigenvalue weighted by Crippen LogP contribution is -2.35. The minimum absolute atomic E-state index is 0.0687. The van der Waals surface area contributed by atoms with Crippen molar-refractivity contribution in [1.82, 2.24) is 14.5 Å². The van der Waals surface area contributed by atoms with Crippen molar-refractivity contribution in [2.24, 2.45) is 7.05 Å². The Kier molecular flexibility index (Phi) is 3.78. The maximum atomic E-state index is 11.8. The zero-order valence-electron chi connectivity index (χ0n) is 10.5. The number of hydrogen-bond acceptors (Lipinski definition) is 4. The van der Waals surface area contributed by atoms with E-state index in [0.29, 0.717) is 5.82 Å². The van der Waals surface area contributed by atoms with Gasteiger partial charge in [0.2, 0.25) is 0 Å². The van der Waals surface area contributed by atoms with Crippen LogP contribution in [0.2, 0.25) is 0 Å². The minimum Gasteiger partial charge on any atom is -0.362 e. The SMILES string of the molecule is CC(CN1CCCC1)Nc1nccn(C)c1=O. The normalized spacial score (nSPS) is 18.2. The first kappa shape index (κ1) is 12.1. The van der Waals surface area contributed by atoms with Crippen molar-refractivity contribution >= 4 is 5.82 Å². The van der Waals surface area contributed by atoms with Gasteiger partial charge in [-0.25, -0.2) is 4.98 Å². The van der Waals surface area contributed by atoms with E-state index in [-0.39, 0.29) is 11.6 Å². The number of likely N-dealkylation sites (tertiary alicyclic amines) is 1. The third-order valence-electron chi connectivity index (χ3n) is 3.13. The van der Waals surface area contributed by atoms with Crippen molar-refractivity contribution in [2.45, 2.75) is 25.8 Å². The number of nitrogens with one attached hydrogen (secondary N) is 1. The first-order valence-corrected chi connectivity index (χ1v) is 6.17. The third-order valence-corrected chi connectivity index (χ3v) is 3.13. The van der Waals surface area contributed by atoms with E-state index in [1.807, 2.05) is 0 Å². The fourth-order valence-corrected chi connectivity index (χ4v) is 2.23. The standard InChI is InChI=1S/C12H20N4O/c1-10(9-16-6-3-4-7-16)14-11-12(17)15(2)8-5-13-11/h5,8,10H,3-4,6-7,9H2,1-2H3,(H,13,14). The zero-order chi connectivity index (χ0) is 12.3. The van der Waals surface area contributed by atoms with Gasteiger partial charge in [0.15, 0.2) is 5.82 Å². The fourth-order valence-electron chi connectivity index (χ4n) is 2.23. The van der Waals surface area contributed by atoms with Crippen molar-refractivity contribution in [3.05, 3.63) is 22.7 Å². The summed E-state index contributed by atoms with van der Waals surface area (Å²) in [5.41, 5.74) is -0.0687. The summed E-state index contributed by atoms with van der Waals surface area (Å²) in [5, 5.41) is 3.19. The number of hydrogen-bond donors (Lipinski definition) is 1. The van der Waals surface area contributed by atoms with Crippen LogP contribution in [0.25, 0.3) is 0 Å². The Balaban J connectivity index is 1.95. The van der Waals surface area contributed by atoms with E-state index in [0.717, 1.165) is 6.54 Å². The molecule has 0 bridgehead atoms. The molecular formula is C12H20N4O. The minimum atomic E-state index is -0.0687. The summed E-state index contributed by atoms with van der Waals surface area (Å²) in [6.07, 6.45) is 5.89. The molecule has 5 nitrogen and oxygen atoms in total. The second-order valence-electron chi connectivity index (χ2n) is 4.75. The van der Waals surface area contributed by atoms with Crippen molar-refractivity contribution in [1.29, 1.82) is 0 Å². The van der Waals surface area contributed by atoms with E-state index in [1.165, 1.54) is 30.5 Å². The maximum Gasteiger partial charge on any atom is 0.293 e. The lowest BCUT2D eigenvalue weighted by Gasteiger charge is -2.21. The summed E-state index contributed by atoms with van der Waals surface area (Å²) in [6, 6.07) is 0.246. The summed E-state index contributed by atoms with van der Waals surface area (Å²) in [4.78, 5) is 18.3. The molecule has 5 heteroatoms. The van der Waals surface area contributed by atoms with Gasteiger partial charge >= 0.3 is 0 Å². The molecule has 1 N–H and O–H groups in total. The summed E-state index contributed by atoms with van der Waals surface area (Å²) >= 11 is 0. The van der Waals surface area contributed by atoms with E-state index in [4.69, 9.17) is 0 Å². The molecule has 1 aliphatic heterocycles. The molecule has 1 aromatic heterocycles. The Labute approximate surface area is 101 Å². The Morgan fingerprint density at radius 3 is 2.88 bits per heavy atom. The average molecular weight is 236 g/mol. The molecule has 1 aliphatic rings. The molecule has 0 saturated carbocycles. The van der Waals surface area contributed by atoms with Gasteiger partial charge in [0.05, 0.1) is 0 Å². The Morgan fingerprint density at radius 2 is 2.18 bits per heavy atom. The summed E-state index contributed by atoms with van der Waals surface area (Å²) in [7, 11) is 1.74. The number of anilines is 1. The largest absolute Gasteiger partial charge is 0.362 e. The van der Waals surface area contributed by atoms with Crippen molar-refractivity contribution < 1.29 is 0 Å². The summed E-state index contributed by atoms with van der Waals surface area (Å²) < 4.78 is 1.54. The Bertz CT molecular complexity index is 423. The lowest BCUT2D eigenvalue weighted by molar-refractivity contribution is 0.327. The Morgan fingerprint density at radius 1 is 1.47 bits per heavy atom. The smallest absolute Gasteiger partial charge is 0.293 e. The van der Waals surface area contributed by atoms with Crippen LogP contribution in [0.5, 0.6) is 0 Å². The molecule has 94 valence electrons. The third kappa shape index (κ3) is 3.06. The zero-order valence-corrected chi connectivity index (χ0v) is 10.5. The van der Waals surface area contributed by atoms with E-state index < -0.39 is 0 Å². The highest BCUT2D eigenvalue weighted by Crippen LogP contribution is 2.08. The summed E-state index contributed by atoms with van der Waals surface area (Å²) in [5.74, 6) is 0.446. The second kappa shape index (κ2) is 5.31.